The van der Waals surface area contributed by atoms with E-state index in [-0.39, 0.29) is 11.2 Å². The van der Waals surface area contributed by atoms with E-state index in [1.54, 1.807) is 22.2 Å². The predicted octanol–water partition coefficient (Wildman–Crippen LogP) is 2.11. The Morgan fingerprint density at radius 1 is 1.45 bits per heavy atom. The van der Waals surface area contributed by atoms with Crippen LogP contribution in [0.2, 0.25) is 0 Å². The van der Waals surface area contributed by atoms with Crippen molar-refractivity contribution in [1.82, 2.24) is 19.6 Å². The van der Waals surface area contributed by atoms with E-state index in [1.165, 1.54) is 10.4 Å². The minimum absolute atomic E-state index is 0.217. The van der Waals surface area contributed by atoms with E-state index in [1.807, 2.05) is 6.92 Å². The highest BCUT2D eigenvalue weighted by Gasteiger charge is 2.30. The number of aryl methyl sites for hydroxylation is 1. The molecular formula is C15H16N4O2S. The van der Waals surface area contributed by atoms with Crippen LogP contribution in [0.4, 0.5) is 0 Å². The Morgan fingerprint density at radius 3 is 3.05 bits per heavy atom. The van der Waals surface area contributed by atoms with Gasteiger partial charge in [-0.1, -0.05) is 6.92 Å². The van der Waals surface area contributed by atoms with Gasteiger partial charge < -0.3 is 4.74 Å². The SMILES string of the molecule is CCc1nn2cnc3sc4c(c3c2nc1=O)CC(C)(C)OC4. The van der Waals surface area contributed by atoms with E-state index in [2.05, 4.69) is 28.9 Å². The third-order valence-corrected chi connectivity index (χ3v) is 5.12. The fraction of sp³-hybridized carbons (Fsp3) is 0.467. The summed E-state index contributed by atoms with van der Waals surface area (Å²) in [5.74, 6) is 0. The molecule has 3 aromatic heterocycles. The third kappa shape index (κ3) is 1.96. The second-order valence-electron chi connectivity index (χ2n) is 6.14. The molecule has 22 heavy (non-hydrogen) atoms. The van der Waals surface area contributed by atoms with Crippen molar-refractivity contribution in [2.24, 2.45) is 0 Å². The van der Waals surface area contributed by atoms with E-state index in [9.17, 15) is 4.79 Å². The molecule has 0 amide bonds. The number of thiophene rings is 1. The van der Waals surface area contributed by atoms with E-state index in [0.29, 0.717) is 24.4 Å². The smallest absolute Gasteiger partial charge is 0.295 e. The summed E-state index contributed by atoms with van der Waals surface area (Å²) in [5, 5.41) is 5.31. The summed E-state index contributed by atoms with van der Waals surface area (Å²) in [7, 11) is 0. The number of nitrogens with zero attached hydrogens (tertiary/aromatic N) is 4. The monoisotopic (exact) mass is 316 g/mol. The molecule has 0 saturated carbocycles. The minimum Gasteiger partial charge on any atom is -0.370 e. The van der Waals surface area contributed by atoms with Crippen LogP contribution in [0.1, 0.15) is 36.9 Å². The maximum absolute atomic E-state index is 12.1. The van der Waals surface area contributed by atoms with Crippen LogP contribution in [0.3, 0.4) is 0 Å². The average Bonchev–Trinajstić information content (AvgIpc) is 2.83. The molecule has 0 radical (unpaired) electrons. The maximum Gasteiger partial charge on any atom is 0.295 e. The molecule has 0 spiro atoms. The molecule has 0 bridgehead atoms. The maximum atomic E-state index is 12.1. The largest absolute Gasteiger partial charge is 0.370 e. The number of hydrogen-bond acceptors (Lipinski definition) is 6. The van der Waals surface area contributed by atoms with E-state index < -0.39 is 0 Å². The zero-order valence-electron chi connectivity index (χ0n) is 12.7. The van der Waals surface area contributed by atoms with Crippen molar-refractivity contribution in [1.29, 1.82) is 0 Å². The number of rotatable bonds is 1. The van der Waals surface area contributed by atoms with Crippen LogP contribution in [-0.4, -0.2) is 25.2 Å². The topological polar surface area (TPSA) is 69.4 Å². The van der Waals surface area contributed by atoms with E-state index in [0.717, 1.165) is 16.6 Å². The zero-order valence-corrected chi connectivity index (χ0v) is 13.5. The van der Waals surface area contributed by atoms with Crippen LogP contribution in [-0.2, 0) is 24.2 Å². The summed E-state index contributed by atoms with van der Waals surface area (Å²) >= 11 is 1.61. The molecule has 0 aliphatic carbocycles. The second-order valence-corrected chi connectivity index (χ2v) is 7.22. The first-order valence-corrected chi connectivity index (χ1v) is 8.13. The summed E-state index contributed by atoms with van der Waals surface area (Å²) in [6.07, 6.45) is 2.99. The van der Waals surface area contributed by atoms with Gasteiger partial charge in [0.2, 0.25) is 0 Å². The Bertz CT molecular complexity index is 957. The van der Waals surface area contributed by atoms with Crippen molar-refractivity contribution < 1.29 is 4.74 Å². The molecule has 3 aromatic rings. The van der Waals surface area contributed by atoms with Crippen molar-refractivity contribution in [3.05, 3.63) is 32.8 Å². The molecule has 4 rings (SSSR count). The first-order chi connectivity index (χ1) is 10.5. The van der Waals surface area contributed by atoms with Crippen molar-refractivity contribution in [3.63, 3.8) is 0 Å². The first kappa shape index (κ1) is 13.8. The van der Waals surface area contributed by atoms with Crippen molar-refractivity contribution in [2.75, 3.05) is 0 Å². The quantitative estimate of drug-likeness (QED) is 0.688. The highest BCUT2D eigenvalue weighted by atomic mass is 32.1. The molecule has 1 aliphatic rings. The van der Waals surface area contributed by atoms with Gasteiger partial charge in [-0.25, -0.2) is 9.50 Å². The lowest BCUT2D eigenvalue weighted by Gasteiger charge is -2.30. The first-order valence-electron chi connectivity index (χ1n) is 7.31. The molecule has 114 valence electrons. The minimum atomic E-state index is -0.249. The van der Waals surface area contributed by atoms with Crippen LogP contribution < -0.4 is 5.56 Å². The Hall–Kier alpha value is -1.86. The van der Waals surface area contributed by atoms with Gasteiger partial charge in [-0.3, -0.25) is 4.79 Å². The lowest BCUT2D eigenvalue weighted by Crippen LogP contribution is -2.31. The average molecular weight is 316 g/mol. The lowest BCUT2D eigenvalue weighted by atomic mass is 9.94. The van der Waals surface area contributed by atoms with Crippen LogP contribution in [0, 0.1) is 0 Å². The summed E-state index contributed by atoms with van der Waals surface area (Å²) in [5.41, 5.74) is 1.79. The Morgan fingerprint density at radius 2 is 2.27 bits per heavy atom. The van der Waals surface area contributed by atoms with E-state index in [4.69, 9.17) is 4.74 Å². The molecule has 0 atom stereocenters. The highest BCUT2D eigenvalue weighted by Crippen LogP contribution is 2.39. The number of fused-ring (bicyclic) bond motifs is 5. The van der Waals surface area contributed by atoms with Gasteiger partial charge in [0.1, 0.15) is 16.9 Å². The molecule has 0 N–H and O–H groups in total. The van der Waals surface area contributed by atoms with Gasteiger partial charge in [-0.2, -0.15) is 10.1 Å². The van der Waals surface area contributed by atoms with Crippen LogP contribution >= 0.6 is 11.3 Å². The standard InChI is InChI=1S/C15H16N4O2S/c1-4-9-13(20)17-12-11-8-5-15(2,3)21-6-10(8)22-14(11)16-7-19(12)18-9/h7H,4-6H2,1-3H3. The van der Waals surface area contributed by atoms with Crippen LogP contribution in [0.25, 0.3) is 15.9 Å². The lowest BCUT2D eigenvalue weighted by molar-refractivity contribution is -0.0379. The van der Waals surface area contributed by atoms with Gasteiger partial charge in [0, 0.05) is 11.3 Å². The molecule has 0 unspecified atom stereocenters. The van der Waals surface area contributed by atoms with Gasteiger partial charge in [0.05, 0.1) is 17.6 Å². The molecule has 1 aliphatic heterocycles. The number of hydrogen-bond donors (Lipinski definition) is 0. The highest BCUT2D eigenvalue weighted by molar-refractivity contribution is 7.19. The third-order valence-electron chi connectivity index (χ3n) is 4.01. The molecular weight excluding hydrogens is 300 g/mol. The Balaban J connectivity index is 2.09. The second kappa shape index (κ2) is 4.57. The van der Waals surface area contributed by atoms with Gasteiger partial charge in [0.25, 0.3) is 5.56 Å². The fourth-order valence-corrected chi connectivity index (χ4v) is 3.94. The van der Waals surface area contributed by atoms with E-state index >= 15 is 0 Å². The normalized spacial score (nSPS) is 17.0. The molecule has 4 heterocycles. The van der Waals surface area contributed by atoms with Crippen molar-refractivity contribution >= 4 is 27.2 Å². The fourth-order valence-electron chi connectivity index (χ4n) is 2.87. The molecule has 0 fully saturated rings. The summed E-state index contributed by atoms with van der Waals surface area (Å²) < 4.78 is 7.49. The van der Waals surface area contributed by atoms with Gasteiger partial charge >= 0.3 is 0 Å². The zero-order chi connectivity index (χ0) is 15.5. The van der Waals surface area contributed by atoms with Gasteiger partial charge in [-0.05, 0) is 25.8 Å². The Labute approximate surface area is 130 Å². The number of aromatic nitrogens is 4. The van der Waals surface area contributed by atoms with Crippen molar-refractivity contribution in [2.45, 2.75) is 45.8 Å². The van der Waals surface area contributed by atoms with Gasteiger partial charge in [0.15, 0.2) is 5.65 Å². The van der Waals surface area contributed by atoms with Crippen LogP contribution in [0.15, 0.2) is 11.1 Å². The summed E-state index contributed by atoms with van der Waals surface area (Å²) in [4.78, 5) is 22.9. The molecule has 0 saturated heterocycles. The molecule has 7 heteroatoms. The Kier molecular flexibility index (Phi) is 2.86. The predicted molar refractivity (Wildman–Crippen MR) is 84.4 cm³/mol. The molecule has 6 nitrogen and oxygen atoms in total. The molecule has 0 aromatic carbocycles. The van der Waals surface area contributed by atoms with Crippen molar-refractivity contribution in [3.8, 4) is 0 Å². The number of ether oxygens (including phenoxy) is 1. The van der Waals surface area contributed by atoms with Crippen LogP contribution in [0.5, 0.6) is 0 Å². The van der Waals surface area contributed by atoms with Gasteiger partial charge in [-0.15, -0.1) is 11.3 Å². The summed E-state index contributed by atoms with van der Waals surface area (Å²) in [6, 6.07) is 0. The summed E-state index contributed by atoms with van der Waals surface area (Å²) in [6.45, 7) is 6.63.